The second-order valence-electron chi connectivity index (χ2n) is 10.7. The molecule has 3 aromatic rings. The lowest BCUT2D eigenvalue weighted by molar-refractivity contribution is -0.0660. The van der Waals surface area contributed by atoms with Crippen LogP contribution in [0.5, 0.6) is 5.75 Å². The number of rotatable bonds is 7. The standard InChI is InChI=1S/C30H33FN8O4/c1-41-30(40)39-9-8-27(25(31)16-39)43-26-7-2-20(14-21(26)15-32)28-33-19-34-29(36-28)35-22-3-5-23(6-4-22)37-10-12-38(13-11-37)24-17-42-18-24/h2-7,14,19,24-25,27H,8-13,16-18H2,1H3,(H,33,34,35,36). The van der Waals surface area contributed by atoms with Gasteiger partial charge in [-0.15, -0.1) is 0 Å². The van der Waals surface area contributed by atoms with Crippen LogP contribution in [0.1, 0.15) is 12.0 Å². The second kappa shape index (κ2) is 12.8. The van der Waals surface area contributed by atoms with Crippen LogP contribution in [0.25, 0.3) is 11.4 Å². The first-order chi connectivity index (χ1) is 21.0. The molecular weight excluding hydrogens is 555 g/mol. The maximum atomic E-state index is 14.8. The van der Waals surface area contributed by atoms with Crippen LogP contribution in [0.2, 0.25) is 0 Å². The summed E-state index contributed by atoms with van der Waals surface area (Å²) < 4.78 is 30.6. The van der Waals surface area contributed by atoms with Gasteiger partial charge in [0.2, 0.25) is 5.95 Å². The monoisotopic (exact) mass is 588 g/mol. The normalized spacial score (nSPS) is 21.0. The van der Waals surface area contributed by atoms with Crippen LogP contribution >= 0.6 is 0 Å². The molecule has 43 heavy (non-hydrogen) atoms. The van der Waals surface area contributed by atoms with E-state index in [2.05, 4.69) is 53.0 Å². The SMILES string of the molecule is COC(=O)N1CCC(Oc2ccc(-c3ncnc(Nc4ccc(N5CCN(C6COC6)CC5)cc4)n3)cc2C#N)C(F)C1. The average molecular weight is 589 g/mol. The van der Waals surface area contributed by atoms with Gasteiger partial charge < -0.3 is 29.3 Å². The highest BCUT2D eigenvalue weighted by Crippen LogP contribution is 2.29. The fraction of sp³-hybridized carbons (Fsp3) is 0.433. The summed E-state index contributed by atoms with van der Waals surface area (Å²) in [6, 6.07) is 15.8. The molecule has 0 radical (unpaired) electrons. The fourth-order valence-corrected chi connectivity index (χ4v) is 5.49. The molecule has 1 aromatic heterocycles. The second-order valence-corrected chi connectivity index (χ2v) is 10.7. The molecule has 3 saturated heterocycles. The molecule has 4 heterocycles. The van der Waals surface area contributed by atoms with E-state index in [-0.39, 0.29) is 24.3 Å². The third-order valence-corrected chi connectivity index (χ3v) is 8.06. The van der Waals surface area contributed by atoms with E-state index < -0.39 is 18.4 Å². The first-order valence-corrected chi connectivity index (χ1v) is 14.3. The van der Waals surface area contributed by atoms with Crippen LogP contribution in [0.3, 0.4) is 0 Å². The van der Waals surface area contributed by atoms with Gasteiger partial charge >= 0.3 is 6.09 Å². The third-order valence-electron chi connectivity index (χ3n) is 8.06. The van der Waals surface area contributed by atoms with Crippen molar-refractivity contribution in [3.05, 3.63) is 54.4 Å². The number of anilines is 3. The Hall–Kier alpha value is -4.54. The number of aromatic nitrogens is 3. The zero-order valence-electron chi connectivity index (χ0n) is 23.9. The molecule has 12 nitrogen and oxygen atoms in total. The van der Waals surface area contributed by atoms with Gasteiger partial charge in [-0.1, -0.05) is 0 Å². The number of amides is 1. The van der Waals surface area contributed by atoms with Crippen molar-refractivity contribution in [3.63, 3.8) is 0 Å². The Morgan fingerprint density at radius 2 is 1.88 bits per heavy atom. The minimum absolute atomic E-state index is 0.131. The number of nitrogens with one attached hydrogen (secondary N) is 1. The summed E-state index contributed by atoms with van der Waals surface area (Å²) in [5.74, 6) is 1.00. The topological polar surface area (TPSA) is 129 Å². The van der Waals surface area contributed by atoms with E-state index in [1.807, 2.05) is 12.1 Å². The Labute approximate surface area is 249 Å². The van der Waals surface area contributed by atoms with Gasteiger partial charge in [0, 0.05) is 56.1 Å². The highest BCUT2D eigenvalue weighted by Gasteiger charge is 2.34. The summed E-state index contributed by atoms with van der Waals surface area (Å²) in [5.41, 5.74) is 2.83. The number of hydrogen-bond donors (Lipinski definition) is 1. The Morgan fingerprint density at radius 3 is 2.56 bits per heavy atom. The molecule has 1 N–H and O–H groups in total. The van der Waals surface area contributed by atoms with Crippen molar-refractivity contribution in [3.8, 4) is 23.2 Å². The minimum Gasteiger partial charge on any atom is -0.486 e. The molecule has 2 atom stereocenters. The van der Waals surface area contributed by atoms with Crippen molar-refractivity contribution in [2.75, 3.05) is 69.8 Å². The summed E-state index contributed by atoms with van der Waals surface area (Å²) >= 11 is 0. The number of nitrogens with zero attached hydrogens (tertiary/aromatic N) is 7. The van der Waals surface area contributed by atoms with Gasteiger partial charge in [0.05, 0.1) is 38.5 Å². The Balaban J connectivity index is 1.08. The van der Waals surface area contributed by atoms with Gasteiger partial charge in [0.15, 0.2) is 12.0 Å². The summed E-state index contributed by atoms with van der Waals surface area (Å²) in [7, 11) is 1.26. The number of likely N-dealkylation sites (tertiary alicyclic amines) is 1. The number of piperazine rings is 1. The first-order valence-electron chi connectivity index (χ1n) is 14.3. The zero-order chi connectivity index (χ0) is 29.8. The fourth-order valence-electron chi connectivity index (χ4n) is 5.49. The van der Waals surface area contributed by atoms with Crippen molar-refractivity contribution in [1.29, 1.82) is 5.26 Å². The van der Waals surface area contributed by atoms with Crippen molar-refractivity contribution in [2.45, 2.75) is 24.7 Å². The molecule has 6 rings (SSSR count). The minimum atomic E-state index is -1.41. The van der Waals surface area contributed by atoms with E-state index >= 15 is 0 Å². The van der Waals surface area contributed by atoms with Gasteiger partial charge in [-0.25, -0.2) is 19.2 Å². The predicted molar refractivity (Wildman–Crippen MR) is 156 cm³/mol. The van der Waals surface area contributed by atoms with Gasteiger partial charge in [0.25, 0.3) is 0 Å². The van der Waals surface area contributed by atoms with Crippen LogP contribution in [0.15, 0.2) is 48.8 Å². The highest BCUT2D eigenvalue weighted by molar-refractivity contribution is 5.67. The van der Waals surface area contributed by atoms with E-state index in [9.17, 15) is 14.4 Å². The first kappa shape index (κ1) is 28.6. The summed E-state index contributed by atoms with van der Waals surface area (Å²) in [6.07, 6.45) is -1.09. The Morgan fingerprint density at radius 1 is 1.09 bits per heavy atom. The molecule has 224 valence electrons. The molecule has 3 fully saturated rings. The predicted octanol–water partition coefficient (Wildman–Crippen LogP) is 3.23. The molecule has 3 aliphatic heterocycles. The number of benzene rings is 2. The molecule has 2 unspecified atom stereocenters. The van der Waals surface area contributed by atoms with Crippen molar-refractivity contribution >= 4 is 23.4 Å². The number of carbonyl (C=O) groups excluding carboxylic acids is 1. The number of hydrogen-bond acceptors (Lipinski definition) is 11. The molecule has 1 amide bonds. The van der Waals surface area contributed by atoms with Gasteiger partial charge in [0.1, 0.15) is 24.3 Å². The number of piperidine rings is 1. The summed E-state index contributed by atoms with van der Waals surface area (Å²) in [4.78, 5) is 31.0. The molecule has 0 bridgehead atoms. The maximum Gasteiger partial charge on any atom is 0.409 e. The number of methoxy groups -OCH3 is 1. The molecule has 0 saturated carbocycles. The van der Waals surface area contributed by atoms with Gasteiger partial charge in [-0.05, 0) is 42.5 Å². The van der Waals surface area contributed by atoms with Crippen molar-refractivity contribution in [2.24, 2.45) is 0 Å². The van der Waals surface area contributed by atoms with E-state index in [1.165, 1.54) is 24.0 Å². The molecule has 13 heteroatoms. The van der Waals surface area contributed by atoms with Gasteiger partial charge in [-0.2, -0.15) is 10.2 Å². The van der Waals surface area contributed by atoms with E-state index in [0.29, 0.717) is 29.9 Å². The third kappa shape index (κ3) is 6.45. The highest BCUT2D eigenvalue weighted by atomic mass is 19.1. The number of halogens is 1. The molecule has 0 aliphatic carbocycles. The number of carbonyl (C=O) groups is 1. The van der Waals surface area contributed by atoms with E-state index in [4.69, 9.17) is 9.47 Å². The van der Waals surface area contributed by atoms with Gasteiger partial charge in [-0.3, -0.25) is 4.90 Å². The Bertz CT molecular complexity index is 1470. The number of ether oxygens (including phenoxy) is 3. The summed E-state index contributed by atoms with van der Waals surface area (Å²) in [5, 5.41) is 13.0. The lowest BCUT2D eigenvalue weighted by atomic mass is 10.1. The van der Waals surface area contributed by atoms with Crippen LogP contribution in [0.4, 0.5) is 26.5 Å². The quantitative estimate of drug-likeness (QED) is 0.437. The van der Waals surface area contributed by atoms with Crippen LogP contribution < -0.4 is 15.0 Å². The van der Waals surface area contributed by atoms with Crippen LogP contribution in [0, 0.1) is 11.3 Å². The maximum absolute atomic E-state index is 14.8. The smallest absolute Gasteiger partial charge is 0.409 e. The number of nitriles is 1. The van der Waals surface area contributed by atoms with Crippen molar-refractivity contribution in [1.82, 2.24) is 24.8 Å². The van der Waals surface area contributed by atoms with E-state index in [0.717, 1.165) is 45.1 Å². The van der Waals surface area contributed by atoms with Crippen LogP contribution in [-0.4, -0.2) is 109 Å². The largest absolute Gasteiger partial charge is 0.486 e. The lowest BCUT2D eigenvalue weighted by Crippen LogP contribution is -2.56. The van der Waals surface area contributed by atoms with E-state index in [1.54, 1.807) is 18.2 Å². The average Bonchev–Trinajstić information content (AvgIpc) is 3.02. The summed E-state index contributed by atoms with van der Waals surface area (Å²) in [6.45, 7) is 5.90. The van der Waals surface area contributed by atoms with Crippen LogP contribution in [-0.2, 0) is 9.47 Å². The van der Waals surface area contributed by atoms with Crippen molar-refractivity contribution < 1.29 is 23.4 Å². The molecule has 2 aromatic carbocycles. The number of alkyl halides is 1. The molecular formula is C30H33FN8O4. The molecule has 3 aliphatic rings. The lowest BCUT2D eigenvalue weighted by Gasteiger charge is -2.43. The molecule has 0 spiro atoms. The Kier molecular flexibility index (Phi) is 8.48. The zero-order valence-corrected chi connectivity index (χ0v) is 23.9.